The Morgan fingerprint density at radius 1 is 1.10 bits per heavy atom. The summed E-state index contributed by atoms with van der Waals surface area (Å²) in [5, 5.41) is 23.7. The van der Waals surface area contributed by atoms with Gasteiger partial charge in [-0.3, -0.25) is 19.3 Å². The van der Waals surface area contributed by atoms with Crippen LogP contribution in [0.2, 0.25) is 0 Å². The molecule has 42 heavy (non-hydrogen) atoms. The number of rotatable bonds is 11. The van der Waals surface area contributed by atoms with E-state index in [1.165, 1.54) is 39.8 Å². The van der Waals surface area contributed by atoms with Gasteiger partial charge in [0.1, 0.15) is 28.2 Å². The molecule has 2 aromatic carbocycles. The van der Waals surface area contributed by atoms with Gasteiger partial charge in [-0.25, -0.2) is 4.79 Å². The molecule has 4 atom stereocenters. The number of hydrogen-bond donors (Lipinski definition) is 4. The summed E-state index contributed by atoms with van der Waals surface area (Å²) >= 11 is 4.16. The van der Waals surface area contributed by atoms with Crippen LogP contribution < -0.4 is 16.4 Å². The normalized spacial score (nSPS) is 19.4. The lowest BCUT2D eigenvalue weighted by molar-refractivity contribution is -0.151. The van der Waals surface area contributed by atoms with E-state index in [1.54, 1.807) is 30.3 Å². The van der Waals surface area contributed by atoms with E-state index in [4.69, 9.17) is 5.73 Å². The lowest BCUT2D eigenvalue weighted by atomic mass is 10.0. The number of carbonyl (C=O) groups excluding carboxylic acids is 3. The van der Waals surface area contributed by atoms with E-state index in [2.05, 4.69) is 20.8 Å². The number of fused-ring (bicyclic) bond motifs is 1. The van der Waals surface area contributed by atoms with E-state index in [9.17, 15) is 24.3 Å². The fourth-order valence-corrected chi connectivity index (χ4v) is 7.97. The van der Waals surface area contributed by atoms with E-state index in [-0.39, 0.29) is 12.1 Å². The third-order valence-corrected chi connectivity index (χ3v) is 10.1. The van der Waals surface area contributed by atoms with Gasteiger partial charge in [-0.2, -0.15) is 0 Å². The van der Waals surface area contributed by atoms with Crippen molar-refractivity contribution in [3.8, 4) is 0 Å². The summed E-state index contributed by atoms with van der Waals surface area (Å²) in [6, 6.07) is 15.0. The van der Waals surface area contributed by atoms with Crippen LogP contribution in [0.5, 0.6) is 0 Å². The molecule has 0 bridgehead atoms. The molecule has 0 saturated carbocycles. The van der Waals surface area contributed by atoms with Crippen LogP contribution in [0.3, 0.4) is 0 Å². The molecule has 11 nitrogen and oxygen atoms in total. The molecule has 3 amide bonds. The highest BCUT2D eigenvalue weighted by molar-refractivity contribution is 8.01. The van der Waals surface area contributed by atoms with E-state index < -0.39 is 47.2 Å². The maximum absolute atomic E-state index is 13.5. The van der Waals surface area contributed by atoms with Gasteiger partial charge in [-0.15, -0.1) is 22.0 Å². The summed E-state index contributed by atoms with van der Waals surface area (Å²) in [7, 11) is 0. The first-order valence-electron chi connectivity index (χ1n) is 13.0. The molecule has 1 aromatic heterocycles. The number of carbonyl (C=O) groups is 4. The second-order valence-corrected chi connectivity index (χ2v) is 13.2. The average Bonchev–Trinajstić information content (AvgIpc) is 3.42. The number of carboxylic acids is 1. The third-order valence-electron chi connectivity index (χ3n) is 6.74. The van der Waals surface area contributed by atoms with Crippen LogP contribution in [0, 0.1) is 6.92 Å². The van der Waals surface area contributed by atoms with Crippen molar-refractivity contribution in [1.82, 2.24) is 25.7 Å². The lowest BCUT2D eigenvalue weighted by Crippen LogP contribution is -2.71. The predicted molar refractivity (Wildman–Crippen MR) is 161 cm³/mol. The zero-order valence-corrected chi connectivity index (χ0v) is 24.9. The zero-order chi connectivity index (χ0) is 29.8. The predicted octanol–water partition coefficient (Wildman–Crippen LogP) is 2.10. The number of aryl methyl sites for hydroxylation is 1. The number of nitrogens with one attached hydrogen (secondary N) is 2. The van der Waals surface area contributed by atoms with Gasteiger partial charge in [-0.05, 0) is 30.0 Å². The van der Waals surface area contributed by atoms with Crippen molar-refractivity contribution in [3.05, 3.63) is 88.1 Å². The molecule has 2 aliphatic rings. The number of thioether (sulfide) groups is 2. The summed E-state index contributed by atoms with van der Waals surface area (Å²) < 4.78 is 0.717. The number of benzene rings is 2. The van der Waals surface area contributed by atoms with E-state index in [0.29, 0.717) is 22.6 Å². The maximum atomic E-state index is 13.5. The molecule has 0 radical (unpaired) electrons. The molecule has 2 aliphatic heterocycles. The highest BCUT2D eigenvalue weighted by Gasteiger charge is 2.54. The minimum atomic E-state index is -1.20. The van der Waals surface area contributed by atoms with Crippen LogP contribution in [-0.2, 0) is 25.6 Å². The summed E-state index contributed by atoms with van der Waals surface area (Å²) in [6.07, 6.45) is 0.286. The maximum Gasteiger partial charge on any atom is 0.352 e. The second-order valence-electron chi connectivity index (χ2n) is 9.68. The summed E-state index contributed by atoms with van der Waals surface area (Å²) in [4.78, 5) is 53.2. The molecule has 1 fully saturated rings. The Morgan fingerprint density at radius 3 is 2.43 bits per heavy atom. The van der Waals surface area contributed by atoms with E-state index >= 15 is 0 Å². The zero-order valence-electron chi connectivity index (χ0n) is 22.4. The second kappa shape index (κ2) is 13.1. The highest BCUT2D eigenvalue weighted by Crippen LogP contribution is 2.42. The largest absolute Gasteiger partial charge is 0.477 e. The molecule has 3 heterocycles. The minimum absolute atomic E-state index is 0.0669. The van der Waals surface area contributed by atoms with Crippen LogP contribution in [0.4, 0.5) is 0 Å². The Kier molecular flexibility index (Phi) is 9.26. The first kappa shape index (κ1) is 29.8. The van der Waals surface area contributed by atoms with Gasteiger partial charge in [-0.1, -0.05) is 83.8 Å². The summed E-state index contributed by atoms with van der Waals surface area (Å²) in [5.74, 6) is -2.10. The standard InChI is InChI=1S/C28H28N6O5S3/c1-15-32-33-28(42-15)41-14-18-13-40-26-21(25(37)34(26)22(18)27(38)39)31-24(36)20(17-10-6-3-7-11-17)30-23(35)19(29)12-16-8-4-2-5-9-16/h2-11,19-21,26H,12-14,29H2,1H3,(H,30,35)(H,31,36)(H,38,39)/t19-,20?,21?,26+/m0/s1. The molecule has 1 saturated heterocycles. The van der Waals surface area contributed by atoms with Crippen LogP contribution in [0.25, 0.3) is 0 Å². The van der Waals surface area contributed by atoms with Gasteiger partial charge in [0.25, 0.3) is 5.91 Å². The van der Waals surface area contributed by atoms with Gasteiger partial charge >= 0.3 is 5.97 Å². The van der Waals surface area contributed by atoms with E-state index in [0.717, 1.165) is 14.9 Å². The number of amides is 3. The van der Waals surface area contributed by atoms with Crippen LogP contribution >= 0.6 is 34.9 Å². The monoisotopic (exact) mass is 624 g/mol. The van der Waals surface area contributed by atoms with Gasteiger partial charge < -0.3 is 21.5 Å². The average molecular weight is 625 g/mol. The SMILES string of the molecule is Cc1nnc(SCC2=C(C(=O)O)N3C(=O)C(NC(=O)C(NC(=O)[C@@H](N)Cc4ccccc4)c4ccccc4)[C@H]3SC2)s1. The molecule has 5 rings (SSSR count). The van der Waals surface area contributed by atoms with Gasteiger partial charge in [0, 0.05) is 11.5 Å². The number of nitrogens with two attached hydrogens (primary N) is 1. The van der Waals surface area contributed by atoms with Gasteiger partial charge in [0.15, 0.2) is 4.34 Å². The molecule has 2 unspecified atom stereocenters. The Morgan fingerprint density at radius 2 is 1.79 bits per heavy atom. The number of hydrogen-bond acceptors (Lipinski definition) is 10. The first-order valence-corrected chi connectivity index (χ1v) is 15.9. The number of carboxylic acid groups (broad SMARTS) is 1. The number of nitrogens with zero attached hydrogens (tertiary/aromatic N) is 3. The molecule has 0 spiro atoms. The van der Waals surface area contributed by atoms with Crippen LogP contribution in [0.1, 0.15) is 22.2 Å². The molecule has 0 aliphatic carbocycles. The summed E-state index contributed by atoms with van der Waals surface area (Å²) in [6.45, 7) is 1.84. The Bertz CT molecular complexity index is 1520. The van der Waals surface area contributed by atoms with Crippen LogP contribution in [-0.4, -0.2) is 72.9 Å². The lowest BCUT2D eigenvalue weighted by Gasteiger charge is -2.49. The van der Waals surface area contributed by atoms with Crippen molar-refractivity contribution >= 4 is 58.6 Å². The Hall–Kier alpha value is -3.72. The smallest absolute Gasteiger partial charge is 0.352 e. The fraction of sp³-hybridized carbons (Fsp3) is 0.286. The molecular formula is C28H28N6O5S3. The topological polar surface area (TPSA) is 168 Å². The Balaban J connectivity index is 1.28. The number of aliphatic carboxylic acids is 1. The van der Waals surface area contributed by atoms with Gasteiger partial charge in [0.05, 0.1) is 6.04 Å². The van der Waals surface area contributed by atoms with Crippen molar-refractivity contribution in [2.45, 2.75) is 41.2 Å². The van der Waals surface area contributed by atoms with Crippen molar-refractivity contribution < 1.29 is 24.3 Å². The van der Waals surface area contributed by atoms with Crippen molar-refractivity contribution in [2.75, 3.05) is 11.5 Å². The molecule has 218 valence electrons. The van der Waals surface area contributed by atoms with Crippen LogP contribution in [0.15, 0.2) is 76.3 Å². The molecule has 3 aromatic rings. The fourth-order valence-electron chi connectivity index (χ4n) is 4.67. The summed E-state index contributed by atoms with van der Waals surface area (Å²) in [5.41, 5.74) is 8.10. The number of β-lactam (4-membered cyclic amide) rings is 1. The van der Waals surface area contributed by atoms with E-state index in [1.807, 2.05) is 37.3 Å². The molecule has 14 heteroatoms. The minimum Gasteiger partial charge on any atom is -0.477 e. The third kappa shape index (κ3) is 6.51. The quantitative estimate of drug-likeness (QED) is 0.183. The van der Waals surface area contributed by atoms with Crippen molar-refractivity contribution in [2.24, 2.45) is 5.73 Å². The van der Waals surface area contributed by atoms with Gasteiger partial charge in [0.2, 0.25) is 11.8 Å². The highest BCUT2D eigenvalue weighted by atomic mass is 32.2. The molecule has 5 N–H and O–H groups in total. The number of aromatic nitrogens is 2. The molecular weight excluding hydrogens is 597 g/mol. The Labute approximate surface area is 254 Å². The first-order chi connectivity index (χ1) is 20.2. The van der Waals surface area contributed by atoms with Crippen molar-refractivity contribution in [1.29, 1.82) is 0 Å². The van der Waals surface area contributed by atoms with Crippen molar-refractivity contribution in [3.63, 3.8) is 0 Å².